The maximum atomic E-state index is 11.5. The standard InChI is InChI=1S/C13H15N5OS2/c14-5-4-11(19)16-9-3-1-2-8(6-9)15-10-7-12(20)18-13(21)17-10/h1-3,6-7H,4-5,14H2,(H,16,19)(H3,15,17,18,20,21). The van der Waals surface area contributed by atoms with Crippen LogP contribution in [0.25, 0.3) is 0 Å². The van der Waals surface area contributed by atoms with E-state index >= 15 is 0 Å². The van der Waals surface area contributed by atoms with Gasteiger partial charge >= 0.3 is 0 Å². The highest BCUT2D eigenvalue weighted by atomic mass is 32.1. The highest BCUT2D eigenvalue weighted by Crippen LogP contribution is 2.21. The molecule has 21 heavy (non-hydrogen) atoms. The molecule has 0 fully saturated rings. The van der Waals surface area contributed by atoms with Gasteiger partial charge < -0.3 is 16.4 Å². The van der Waals surface area contributed by atoms with E-state index in [4.69, 9.17) is 5.73 Å². The van der Waals surface area contributed by atoms with Crippen molar-refractivity contribution in [1.82, 2.24) is 9.97 Å². The lowest BCUT2D eigenvalue weighted by Crippen LogP contribution is -2.16. The van der Waals surface area contributed by atoms with Gasteiger partial charge in [-0.25, -0.2) is 9.97 Å². The number of amides is 1. The first-order chi connectivity index (χ1) is 10.1. The molecule has 110 valence electrons. The molecule has 0 unspecified atom stereocenters. The van der Waals surface area contributed by atoms with E-state index in [1.807, 2.05) is 12.1 Å². The Morgan fingerprint density at radius 1 is 1.19 bits per heavy atom. The molecule has 8 heteroatoms. The van der Waals surface area contributed by atoms with Crippen LogP contribution in [0.4, 0.5) is 17.2 Å². The van der Waals surface area contributed by atoms with Crippen LogP contribution in [0.1, 0.15) is 6.42 Å². The number of nitrogens with one attached hydrogen (secondary N) is 2. The minimum Gasteiger partial charge on any atom is -0.340 e. The third kappa shape index (κ3) is 4.92. The van der Waals surface area contributed by atoms with Crippen molar-refractivity contribution < 1.29 is 4.79 Å². The molecule has 0 saturated carbocycles. The fourth-order valence-electron chi connectivity index (χ4n) is 1.66. The van der Waals surface area contributed by atoms with E-state index in [2.05, 4.69) is 45.9 Å². The van der Waals surface area contributed by atoms with Crippen molar-refractivity contribution in [2.75, 3.05) is 17.2 Å². The Balaban J connectivity index is 2.12. The van der Waals surface area contributed by atoms with Gasteiger partial charge in [0.2, 0.25) is 5.91 Å². The van der Waals surface area contributed by atoms with Gasteiger partial charge in [0.1, 0.15) is 5.82 Å². The van der Waals surface area contributed by atoms with E-state index in [1.165, 1.54) is 0 Å². The Morgan fingerprint density at radius 2 is 1.95 bits per heavy atom. The van der Waals surface area contributed by atoms with Crippen LogP contribution >= 0.6 is 25.3 Å². The molecule has 6 nitrogen and oxygen atoms in total. The quantitative estimate of drug-likeness (QED) is 0.330. The van der Waals surface area contributed by atoms with Gasteiger partial charge in [-0.2, -0.15) is 0 Å². The van der Waals surface area contributed by atoms with E-state index in [1.54, 1.807) is 18.2 Å². The number of hydrogen-bond donors (Lipinski definition) is 5. The largest absolute Gasteiger partial charge is 0.340 e. The number of nitrogens with two attached hydrogens (primary N) is 1. The fraction of sp³-hybridized carbons (Fsp3) is 0.154. The summed E-state index contributed by atoms with van der Waals surface area (Å²) >= 11 is 8.27. The molecule has 2 aromatic rings. The number of carbonyl (C=O) groups excluding carboxylic acids is 1. The predicted molar refractivity (Wildman–Crippen MR) is 88.6 cm³/mol. The van der Waals surface area contributed by atoms with E-state index in [9.17, 15) is 4.79 Å². The Labute approximate surface area is 133 Å². The maximum absolute atomic E-state index is 11.5. The molecule has 0 aliphatic heterocycles. The molecule has 4 N–H and O–H groups in total. The lowest BCUT2D eigenvalue weighted by Gasteiger charge is -2.09. The normalized spacial score (nSPS) is 10.2. The summed E-state index contributed by atoms with van der Waals surface area (Å²) in [5.74, 6) is 0.456. The highest BCUT2D eigenvalue weighted by Gasteiger charge is 2.04. The highest BCUT2D eigenvalue weighted by molar-refractivity contribution is 7.80. The van der Waals surface area contributed by atoms with E-state index < -0.39 is 0 Å². The summed E-state index contributed by atoms with van der Waals surface area (Å²) in [5, 5.41) is 6.73. The van der Waals surface area contributed by atoms with Gasteiger partial charge in [0.15, 0.2) is 5.16 Å². The number of thiol groups is 2. The molecule has 1 aromatic carbocycles. The Kier molecular flexibility index (Phi) is 5.43. The molecular weight excluding hydrogens is 306 g/mol. The first-order valence-corrected chi connectivity index (χ1v) is 7.10. The molecule has 0 radical (unpaired) electrons. The van der Waals surface area contributed by atoms with Gasteiger partial charge in [0, 0.05) is 30.4 Å². The summed E-state index contributed by atoms with van der Waals surface area (Å²) < 4.78 is 0. The van der Waals surface area contributed by atoms with Crippen molar-refractivity contribution in [3.8, 4) is 0 Å². The van der Waals surface area contributed by atoms with Crippen LogP contribution in [0.3, 0.4) is 0 Å². The average Bonchev–Trinajstić information content (AvgIpc) is 2.37. The number of aromatic nitrogens is 2. The lowest BCUT2D eigenvalue weighted by molar-refractivity contribution is -0.116. The van der Waals surface area contributed by atoms with E-state index in [0.717, 1.165) is 5.69 Å². The van der Waals surface area contributed by atoms with Crippen LogP contribution in [-0.2, 0) is 4.79 Å². The summed E-state index contributed by atoms with van der Waals surface area (Å²) in [6.45, 7) is 0.320. The molecule has 1 heterocycles. The number of rotatable bonds is 5. The molecule has 0 aliphatic carbocycles. The zero-order chi connectivity index (χ0) is 15.2. The fourth-order valence-corrected chi connectivity index (χ4v) is 2.17. The first kappa shape index (κ1) is 15.6. The van der Waals surface area contributed by atoms with Crippen molar-refractivity contribution >= 4 is 48.4 Å². The minimum absolute atomic E-state index is 0.119. The average molecular weight is 321 g/mol. The van der Waals surface area contributed by atoms with Crippen molar-refractivity contribution in [1.29, 1.82) is 0 Å². The summed E-state index contributed by atoms with van der Waals surface area (Å²) in [6.07, 6.45) is 0.287. The van der Waals surface area contributed by atoms with Gasteiger partial charge in [-0.15, -0.1) is 25.3 Å². The summed E-state index contributed by atoms with van der Waals surface area (Å²) in [4.78, 5) is 19.6. The molecule has 0 aliphatic rings. The topological polar surface area (TPSA) is 92.9 Å². The van der Waals surface area contributed by atoms with Gasteiger partial charge in [-0.05, 0) is 18.2 Å². The molecule has 0 atom stereocenters. The number of benzene rings is 1. The minimum atomic E-state index is -0.119. The molecule has 1 aromatic heterocycles. The zero-order valence-electron chi connectivity index (χ0n) is 11.1. The Morgan fingerprint density at radius 3 is 2.67 bits per heavy atom. The van der Waals surface area contributed by atoms with Gasteiger partial charge in [-0.3, -0.25) is 4.79 Å². The van der Waals surface area contributed by atoms with Crippen LogP contribution in [0, 0.1) is 0 Å². The van der Waals surface area contributed by atoms with Crippen molar-refractivity contribution in [2.45, 2.75) is 16.6 Å². The van der Waals surface area contributed by atoms with Crippen LogP contribution in [0.5, 0.6) is 0 Å². The van der Waals surface area contributed by atoms with Crippen LogP contribution in [-0.4, -0.2) is 22.4 Å². The molecule has 0 spiro atoms. The molecular formula is C13H15N5OS2. The second kappa shape index (κ2) is 7.30. The number of hydrogen-bond acceptors (Lipinski definition) is 7. The molecule has 0 saturated heterocycles. The zero-order valence-corrected chi connectivity index (χ0v) is 12.9. The second-order valence-corrected chi connectivity index (χ2v) is 5.06. The smallest absolute Gasteiger partial charge is 0.225 e. The number of nitrogens with zero attached hydrogens (tertiary/aromatic N) is 2. The number of anilines is 3. The lowest BCUT2D eigenvalue weighted by atomic mass is 10.2. The predicted octanol–water partition coefficient (Wildman–Crippen LogP) is 2.08. The SMILES string of the molecule is NCCC(=O)Nc1cccc(Nc2cc(S)nc(S)n2)c1. The van der Waals surface area contributed by atoms with E-state index in [-0.39, 0.29) is 12.3 Å². The van der Waals surface area contributed by atoms with Crippen LogP contribution < -0.4 is 16.4 Å². The summed E-state index contributed by atoms with van der Waals surface area (Å²) in [7, 11) is 0. The number of carbonyl (C=O) groups is 1. The van der Waals surface area contributed by atoms with Gasteiger partial charge in [0.05, 0.1) is 5.03 Å². The Bertz CT molecular complexity index is 630. The van der Waals surface area contributed by atoms with Crippen molar-refractivity contribution in [3.63, 3.8) is 0 Å². The third-order valence-corrected chi connectivity index (χ3v) is 2.92. The van der Waals surface area contributed by atoms with Gasteiger partial charge in [-0.1, -0.05) is 6.07 Å². The maximum Gasteiger partial charge on any atom is 0.225 e. The summed E-state index contributed by atoms with van der Waals surface area (Å²) in [6, 6.07) is 8.96. The monoisotopic (exact) mass is 321 g/mol. The van der Waals surface area contributed by atoms with Crippen LogP contribution in [0.2, 0.25) is 0 Å². The molecule has 2 rings (SSSR count). The summed E-state index contributed by atoms with van der Waals surface area (Å²) in [5.41, 5.74) is 6.80. The first-order valence-electron chi connectivity index (χ1n) is 6.21. The van der Waals surface area contributed by atoms with Crippen molar-refractivity contribution in [2.24, 2.45) is 5.73 Å². The third-order valence-electron chi connectivity index (χ3n) is 2.49. The van der Waals surface area contributed by atoms with Crippen molar-refractivity contribution in [3.05, 3.63) is 30.3 Å². The van der Waals surface area contributed by atoms with Gasteiger partial charge in [0.25, 0.3) is 0 Å². The molecule has 1 amide bonds. The molecule has 0 bridgehead atoms. The van der Waals surface area contributed by atoms with Crippen LogP contribution in [0.15, 0.2) is 40.5 Å². The van der Waals surface area contributed by atoms with E-state index in [0.29, 0.717) is 28.2 Å². The Hall–Kier alpha value is -1.77. The second-order valence-electron chi connectivity index (χ2n) is 4.20.